The molecule has 3 N–H and O–H groups in total. The summed E-state index contributed by atoms with van der Waals surface area (Å²) < 4.78 is 17.5. The van der Waals surface area contributed by atoms with Crippen molar-refractivity contribution < 1.29 is 14.2 Å². The van der Waals surface area contributed by atoms with Crippen LogP contribution >= 0.6 is 0 Å². The fraction of sp³-hybridized carbons (Fsp3) is 0.375. The van der Waals surface area contributed by atoms with Crippen LogP contribution in [0.4, 0.5) is 4.39 Å². The molecule has 0 spiro atoms. The van der Waals surface area contributed by atoms with Crippen LogP contribution in [0.25, 0.3) is 0 Å². The SMILES string of the molecule is COc1nc(C(O)CN)ccc1F. The van der Waals surface area contributed by atoms with Gasteiger partial charge in [0, 0.05) is 6.54 Å². The molecule has 1 unspecified atom stereocenters. The molecule has 1 atom stereocenters. The molecule has 1 aromatic rings. The highest BCUT2D eigenvalue weighted by molar-refractivity contribution is 5.19. The van der Waals surface area contributed by atoms with Crippen LogP contribution in [0.3, 0.4) is 0 Å². The van der Waals surface area contributed by atoms with Crippen molar-refractivity contribution in [3.63, 3.8) is 0 Å². The van der Waals surface area contributed by atoms with Crippen LogP contribution in [0.1, 0.15) is 11.8 Å². The lowest BCUT2D eigenvalue weighted by atomic mass is 10.2. The van der Waals surface area contributed by atoms with E-state index in [4.69, 9.17) is 5.73 Å². The Morgan fingerprint density at radius 3 is 2.92 bits per heavy atom. The molecule has 4 nitrogen and oxygen atoms in total. The average molecular weight is 186 g/mol. The number of nitrogens with two attached hydrogens (primary N) is 1. The summed E-state index contributed by atoms with van der Waals surface area (Å²) in [6, 6.07) is 2.55. The average Bonchev–Trinajstić information content (AvgIpc) is 2.17. The summed E-state index contributed by atoms with van der Waals surface area (Å²) in [6.45, 7) is 0.0434. The number of aromatic nitrogens is 1. The van der Waals surface area contributed by atoms with Crippen LogP contribution < -0.4 is 10.5 Å². The quantitative estimate of drug-likeness (QED) is 0.708. The van der Waals surface area contributed by atoms with Crippen molar-refractivity contribution >= 4 is 0 Å². The van der Waals surface area contributed by atoms with Crippen molar-refractivity contribution in [2.45, 2.75) is 6.10 Å². The summed E-state index contributed by atoms with van der Waals surface area (Å²) in [5, 5.41) is 9.27. The lowest BCUT2D eigenvalue weighted by molar-refractivity contribution is 0.180. The van der Waals surface area contributed by atoms with Gasteiger partial charge in [-0.3, -0.25) is 0 Å². The molecule has 0 radical (unpaired) electrons. The van der Waals surface area contributed by atoms with E-state index in [9.17, 15) is 9.50 Å². The molecular weight excluding hydrogens is 175 g/mol. The molecule has 13 heavy (non-hydrogen) atoms. The van der Waals surface area contributed by atoms with Crippen LogP contribution in [-0.4, -0.2) is 23.7 Å². The number of pyridine rings is 1. The maximum atomic E-state index is 12.8. The van der Waals surface area contributed by atoms with E-state index in [1.54, 1.807) is 0 Å². The molecule has 0 amide bonds. The third-order valence-corrected chi connectivity index (χ3v) is 1.59. The van der Waals surface area contributed by atoms with Crippen LogP contribution in [0.2, 0.25) is 0 Å². The minimum absolute atomic E-state index is 0.0434. The first kappa shape index (κ1) is 9.88. The van der Waals surface area contributed by atoms with Crippen LogP contribution in [0.15, 0.2) is 12.1 Å². The molecule has 0 aliphatic carbocycles. The van der Waals surface area contributed by atoms with Gasteiger partial charge in [-0.1, -0.05) is 0 Å². The number of hydrogen-bond donors (Lipinski definition) is 2. The first-order valence-electron chi connectivity index (χ1n) is 3.77. The van der Waals surface area contributed by atoms with Gasteiger partial charge < -0.3 is 15.6 Å². The van der Waals surface area contributed by atoms with Gasteiger partial charge >= 0.3 is 0 Å². The zero-order valence-corrected chi connectivity index (χ0v) is 7.20. The van der Waals surface area contributed by atoms with Gasteiger partial charge in [0.25, 0.3) is 0 Å². The van der Waals surface area contributed by atoms with Gasteiger partial charge in [-0.15, -0.1) is 0 Å². The molecule has 0 aliphatic rings. The second kappa shape index (κ2) is 4.15. The molecule has 0 aromatic carbocycles. The van der Waals surface area contributed by atoms with Crippen molar-refractivity contribution in [3.05, 3.63) is 23.6 Å². The predicted molar refractivity (Wildman–Crippen MR) is 44.8 cm³/mol. The number of hydrogen-bond acceptors (Lipinski definition) is 4. The third kappa shape index (κ3) is 2.13. The molecule has 1 rings (SSSR count). The largest absolute Gasteiger partial charge is 0.479 e. The van der Waals surface area contributed by atoms with Crippen LogP contribution in [0.5, 0.6) is 5.88 Å². The van der Waals surface area contributed by atoms with Gasteiger partial charge in [-0.05, 0) is 12.1 Å². The summed E-state index contributed by atoms with van der Waals surface area (Å²) in [4.78, 5) is 3.73. The highest BCUT2D eigenvalue weighted by Crippen LogP contribution is 2.17. The standard InChI is InChI=1S/C8H11FN2O2/c1-13-8-5(9)2-3-6(11-8)7(12)4-10/h2-3,7,12H,4,10H2,1H3. The van der Waals surface area contributed by atoms with Gasteiger partial charge in [0.1, 0.15) is 6.10 Å². The maximum Gasteiger partial charge on any atom is 0.250 e. The Morgan fingerprint density at radius 1 is 1.69 bits per heavy atom. The molecule has 72 valence electrons. The van der Waals surface area contributed by atoms with E-state index in [0.717, 1.165) is 0 Å². The van der Waals surface area contributed by atoms with E-state index in [-0.39, 0.29) is 12.4 Å². The fourth-order valence-corrected chi connectivity index (χ4v) is 0.887. The molecule has 5 heteroatoms. The molecular formula is C8H11FN2O2. The minimum Gasteiger partial charge on any atom is -0.479 e. The van der Waals surface area contributed by atoms with E-state index in [0.29, 0.717) is 5.69 Å². The van der Waals surface area contributed by atoms with E-state index in [1.165, 1.54) is 19.2 Å². The zero-order chi connectivity index (χ0) is 9.84. The summed E-state index contributed by atoms with van der Waals surface area (Å²) in [5.41, 5.74) is 5.52. The van der Waals surface area contributed by atoms with Gasteiger partial charge in [-0.2, -0.15) is 0 Å². The van der Waals surface area contributed by atoms with Crippen molar-refractivity contribution in [1.29, 1.82) is 0 Å². The second-order valence-electron chi connectivity index (χ2n) is 2.48. The van der Waals surface area contributed by atoms with Crippen molar-refractivity contribution in [2.75, 3.05) is 13.7 Å². The minimum atomic E-state index is -0.880. The summed E-state index contributed by atoms with van der Waals surface area (Å²) in [5.74, 6) is -0.694. The monoisotopic (exact) mass is 186 g/mol. The number of aliphatic hydroxyl groups is 1. The number of ether oxygens (including phenoxy) is 1. The summed E-state index contributed by atoms with van der Waals surface area (Å²) in [6.07, 6.45) is -0.880. The van der Waals surface area contributed by atoms with Gasteiger partial charge in [0.05, 0.1) is 12.8 Å². The number of aliphatic hydroxyl groups excluding tert-OH is 1. The first-order valence-corrected chi connectivity index (χ1v) is 3.77. The summed E-state index contributed by atoms with van der Waals surface area (Å²) >= 11 is 0. The lowest BCUT2D eigenvalue weighted by Crippen LogP contribution is -2.13. The Balaban J connectivity index is 2.99. The Morgan fingerprint density at radius 2 is 2.38 bits per heavy atom. The highest BCUT2D eigenvalue weighted by Gasteiger charge is 2.10. The molecule has 0 aliphatic heterocycles. The van der Waals surface area contributed by atoms with E-state index in [2.05, 4.69) is 9.72 Å². The van der Waals surface area contributed by atoms with Crippen LogP contribution in [-0.2, 0) is 0 Å². The van der Waals surface area contributed by atoms with Gasteiger partial charge in [0.2, 0.25) is 5.88 Å². The Labute approximate surface area is 75.2 Å². The summed E-state index contributed by atoms with van der Waals surface area (Å²) in [7, 11) is 1.31. The third-order valence-electron chi connectivity index (χ3n) is 1.59. The molecule has 1 aromatic heterocycles. The zero-order valence-electron chi connectivity index (χ0n) is 7.20. The Bertz CT molecular complexity index is 293. The number of methoxy groups -OCH3 is 1. The molecule has 0 saturated heterocycles. The van der Waals surface area contributed by atoms with Crippen molar-refractivity contribution in [2.24, 2.45) is 5.73 Å². The van der Waals surface area contributed by atoms with E-state index >= 15 is 0 Å². The van der Waals surface area contributed by atoms with E-state index in [1.807, 2.05) is 0 Å². The molecule has 0 bridgehead atoms. The number of nitrogens with zero attached hydrogens (tertiary/aromatic N) is 1. The maximum absolute atomic E-state index is 12.8. The fourth-order valence-electron chi connectivity index (χ4n) is 0.887. The van der Waals surface area contributed by atoms with Crippen LogP contribution in [0, 0.1) is 5.82 Å². The lowest BCUT2D eigenvalue weighted by Gasteiger charge is -2.08. The number of halogens is 1. The Kier molecular flexibility index (Phi) is 3.16. The topological polar surface area (TPSA) is 68.4 Å². The van der Waals surface area contributed by atoms with Gasteiger partial charge in [0.15, 0.2) is 5.82 Å². The normalized spacial score (nSPS) is 12.6. The van der Waals surface area contributed by atoms with Gasteiger partial charge in [-0.25, -0.2) is 9.37 Å². The van der Waals surface area contributed by atoms with Crippen molar-refractivity contribution in [1.82, 2.24) is 4.98 Å². The van der Waals surface area contributed by atoms with Crippen molar-refractivity contribution in [3.8, 4) is 5.88 Å². The first-order chi connectivity index (χ1) is 6.19. The number of rotatable bonds is 3. The molecule has 0 fully saturated rings. The highest BCUT2D eigenvalue weighted by atomic mass is 19.1. The van der Waals surface area contributed by atoms with E-state index < -0.39 is 11.9 Å². The smallest absolute Gasteiger partial charge is 0.250 e. The predicted octanol–water partition coefficient (Wildman–Crippen LogP) is 0.221. The Hall–Kier alpha value is -1.20. The molecule has 1 heterocycles. The second-order valence-corrected chi connectivity index (χ2v) is 2.48. The molecule has 0 saturated carbocycles.